The minimum atomic E-state index is 0. The highest BCUT2D eigenvalue weighted by Gasteiger charge is 2.30. The van der Waals surface area contributed by atoms with E-state index in [0.717, 1.165) is 12.0 Å². The highest BCUT2D eigenvalue weighted by atomic mass is 14.9. The van der Waals surface area contributed by atoms with Gasteiger partial charge < -0.3 is 5.32 Å². The van der Waals surface area contributed by atoms with Crippen molar-refractivity contribution in [2.75, 3.05) is 6.54 Å². The molecule has 1 aliphatic heterocycles. The summed E-state index contributed by atoms with van der Waals surface area (Å²) in [5, 5.41) is 3.64. The zero-order valence-electron chi connectivity index (χ0n) is 12.5. The van der Waals surface area contributed by atoms with E-state index >= 15 is 0 Å². The molecule has 0 radical (unpaired) electrons. The van der Waals surface area contributed by atoms with Crippen LogP contribution in [0.4, 0.5) is 0 Å². The highest BCUT2D eigenvalue weighted by molar-refractivity contribution is 5.36. The summed E-state index contributed by atoms with van der Waals surface area (Å²) >= 11 is 0. The molecule has 2 unspecified atom stereocenters. The first-order chi connectivity index (χ1) is 8.95. The number of hydrogen-bond donors (Lipinski definition) is 1. The van der Waals surface area contributed by atoms with Gasteiger partial charge in [0.25, 0.3) is 0 Å². The topological polar surface area (TPSA) is 12.0 Å². The molecule has 0 spiro atoms. The third-order valence-electron chi connectivity index (χ3n) is 3.76. The van der Waals surface area contributed by atoms with Crippen LogP contribution in [0.3, 0.4) is 0 Å². The van der Waals surface area contributed by atoms with Crippen LogP contribution in [0.5, 0.6) is 0 Å². The molecule has 1 N–H and O–H groups in total. The fraction of sp³-hybridized carbons (Fsp3) is 0.667. The van der Waals surface area contributed by atoms with E-state index in [1.54, 1.807) is 11.1 Å². The Bertz CT molecular complexity index is 326. The first-order valence-corrected chi connectivity index (χ1v) is 7.76. The van der Waals surface area contributed by atoms with Gasteiger partial charge in [-0.1, -0.05) is 59.4 Å². The lowest BCUT2D eigenvalue weighted by Crippen LogP contribution is -2.27. The van der Waals surface area contributed by atoms with Crippen LogP contribution in [0.2, 0.25) is 0 Å². The number of aryl methyl sites for hydroxylation is 1. The van der Waals surface area contributed by atoms with Crippen LogP contribution in [0.25, 0.3) is 0 Å². The van der Waals surface area contributed by atoms with Gasteiger partial charge in [-0.15, -0.1) is 0 Å². The standard InChI is InChI=1S/C13H17N.2C2H6.CH4/c1-2-5-11-10(4-1)7-8-12(11)13-6-3-9-14-13;2*1-2;/h1-2,4-5,12-14H,3,6-9H2;2*1-2H3;1H4. The molecule has 1 nitrogen and oxygen atoms in total. The van der Waals surface area contributed by atoms with Crippen molar-refractivity contribution in [3.63, 3.8) is 0 Å². The van der Waals surface area contributed by atoms with Crippen molar-refractivity contribution < 1.29 is 0 Å². The molecule has 1 fully saturated rings. The van der Waals surface area contributed by atoms with Crippen LogP contribution in [0.15, 0.2) is 24.3 Å². The molecule has 1 heteroatoms. The molecule has 110 valence electrons. The number of fused-ring (bicyclic) bond motifs is 1. The van der Waals surface area contributed by atoms with Crippen molar-refractivity contribution >= 4 is 0 Å². The highest BCUT2D eigenvalue weighted by Crippen LogP contribution is 2.37. The van der Waals surface area contributed by atoms with Gasteiger partial charge in [-0.05, 0) is 49.3 Å². The molecule has 0 amide bonds. The van der Waals surface area contributed by atoms with E-state index in [1.807, 2.05) is 27.7 Å². The SMILES string of the molecule is C.CC.CC.c1ccc2c(c1)CCC2C1CCCN1. The summed E-state index contributed by atoms with van der Waals surface area (Å²) in [6, 6.07) is 9.74. The lowest BCUT2D eigenvalue weighted by molar-refractivity contribution is 0.486. The van der Waals surface area contributed by atoms with E-state index in [-0.39, 0.29) is 7.43 Å². The predicted molar refractivity (Wildman–Crippen MR) is 88.0 cm³/mol. The minimum absolute atomic E-state index is 0. The Hall–Kier alpha value is -0.820. The predicted octanol–water partition coefficient (Wildman–Crippen LogP) is 5.16. The van der Waals surface area contributed by atoms with E-state index in [0.29, 0.717) is 0 Å². The van der Waals surface area contributed by atoms with E-state index in [4.69, 9.17) is 0 Å². The van der Waals surface area contributed by atoms with E-state index in [1.165, 1.54) is 32.2 Å². The van der Waals surface area contributed by atoms with Gasteiger partial charge in [-0.2, -0.15) is 0 Å². The number of benzene rings is 1. The molecule has 0 aromatic heterocycles. The van der Waals surface area contributed by atoms with Crippen LogP contribution in [-0.2, 0) is 6.42 Å². The van der Waals surface area contributed by atoms with Crippen molar-refractivity contribution in [2.45, 2.75) is 72.8 Å². The Labute approximate surface area is 120 Å². The molecule has 1 aromatic rings. The number of nitrogens with one attached hydrogen (secondary N) is 1. The molecule has 3 rings (SSSR count). The van der Waals surface area contributed by atoms with Crippen LogP contribution < -0.4 is 5.32 Å². The van der Waals surface area contributed by atoms with E-state index in [2.05, 4.69) is 29.6 Å². The van der Waals surface area contributed by atoms with E-state index < -0.39 is 0 Å². The summed E-state index contributed by atoms with van der Waals surface area (Å²) in [6.07, 6.45) is 5.39. The first kappa shape index (κ1) is 18.2. The molecular weight excluding hydrogens is 230 g/mol. The quantitative estimate of drug-likeness (QED) is 0.738. The van der Waals surface area contributed by atoms with Gasteiger partial charge in [0.05, 0.1) is 0 Å². The van der Waals surface area contributed by atoms with Crippen molar-refractivity contribution in [1.29, 1.82) is 0 Å². The Morgan fingerprint density at radius 2 is 1.68 bits per heavy atom. The molecule has 2 atom stereocenters. The molecular formula is C18H33N. The number of hydrogen-bond acceptors (Lipinski definition) is 1. The zero-order chi connectivity index (χ0) is 13.4. The van der Waals surface area contributed by atoms with Gasteiger partial charge in [0.15, 0.2) is 0 Å². The Kier molecular flexibility index (Phi) is 9.59. The van der Waals surface area contributed by atoms with Crippen molar-refractivity contribution in [3.8, 4) is 0 Å². The van der Waals surface area contributed by atoms with Crippen molar-refractivity contribution in [2.24, 2.45) is 0 Å². The Morgan fingerprint density at radius 1 is 1.00 bits per heavy atom. The fourth-order valence-electron chi connectivity index (χ4n) is 3.06. The van der Waals surface area contributed by atoms with Crippen molar-refractivity contribution in [3.05, 3.63) is 35.4 Å². The van der Waals surface area contributed by atoms with Gasteiger partial charge >= 0.3 is 0 Å². The van der Waals surface area contributed by atoms with Gasteiger partial charge in [0.1, 0.15) is 0 Å². The number of rotatable bonds is 1. The molecule has 0 saturated carbocycles. The third-order valence-corrected chi connectivity index (χ3v) is 3.76. The van der Waals surface area contributed by atoms with E-state index in [9.17, 15) is 0 Å². The van der Waals surface area contributed by atoms with Crippen molar-refractivity contribution in [1.82, 2.24) is 5.32 Å². The van der Waals surface area contributed by atoms with Gasteiger partial charge in [0.2, 0.25) is 0 Å². The molecule has 0 bridgehead atoms. The second kappa shape index (κ2) is 10.0. The Morgan fingerprint density at radius 3 is 2.32 bits per heavy atom. The molecule has 19 heavy (non-hydrogen) atoms. The largest absolute Gasteiger partial charge is 0.313 e. The second-order valence-electron chi connectivity index (χ2n) is 4.55. The van der Waals surface area contributed by atoms with Gasteiger partial charge in [0, 0.05) is 6.04 Å². The molecule has 1 aromatic carbocycles. The normalized spacial score (nSPS) is 23.2. The smallest absolute Gasteiger partial charge is 0.0136 e. The maximum atomic E-state index is 3.64. The summed E-state index contributed by atoms with van der Waals surface area (Å²) in [5.74, 6) is 0.800. The average Bonchev–Trinajstić information content (AvgIpc) is 3.12. The molecule has 1 aliphatic carbocycles. The molecule has 1 saturated heterocycles. The first-order valence-electron chi connectivity index (χ1n) is 7.76. The maximum absolute atomic E-state index is 3.64. The molecule has 2 aliphatic rings. The summed E-state index contributed by atoms with van der Waals surface area (Å²) in [6.45, 7) is 9.23. The zero-order valence-corrected chi connectivity index (χ0v) is 12.5. The van der Waals surface area contributed by atoms with Crippen LogP contribution >= 0.6 is 0 Å². The van der Waals surface area contributed by atoms with Crippen LogP contribution in [0.1, 0.15) is 71.4 Å². The second-order valence-corrected chi connectivity index (χ2v) is 4.55. The summed E-state index contributed by atoms with van der Waals surface area (Å²) in [5.41, 5.74) is 3.21. The molecule has 1 heterocycles. The van der Waals surface area contributed by atoms with Crippen LogP contribution in [-0.4, -0.2) is 12.6 Å². The monoisotopic (exact) mass is 263 g/mol. The Balaban J connectivity index is 0.000000597. The minimum Gasteiger partial charge on any atom is -0.313 e. The van der Waals surface area contributed by atoms with Gasteiger partial charge in [-0.3, -0.25) is 0 Å². The lowest BCUT2D eigenvalue weighted by atomic mass is 9.92. The third kappa shape index (κ3) is 4.35. The summed E-state index contributed by atoms with van der Waals surface area (Å²) in [4.78, 5) is 0. The summed E-state index contributed by atoms with van der Waals surface area (Å²) in [7, 11) is 0. The van der Waals surface area contributed by atoms with Gasteiger partial charge in [-0.25, -0.2) is 0 Å². The summed E-state index contributed by atoms with van der Waals surface area (Å²) < 4.78 is 0. The maximum Gasteiger partial charge on any atom is 0.0136 e. The van der Waals surface area contributed by atoms with Crippen LogP contribution in [0, 0.1) is 0 Å². The fourth-order valence-corrected chi connectivity index (χ4v) is 3.06. The average molecular weight is 263 g/mol. The lowest BCUT2D eigenvalue weighted by Gasteiger charge is -2.19.